The van der Waals surface area contributed by atoms with Crippen LogP contribution in [0.2, 0.25) is 0 Å². The quantitative estimate of drug-likeness (QED) is 0.701. The summed E-state index contributed by atoms with van der Waals surface area (Å²) < 4.78 is 0.810. The summed E-state index contributed by atoms with van der Waals surface area (Å²) in [7, 11) is 0. The first-order chi connectivity index (χ1) is 9.56. The molecule has 20 heavy (non-hydrogen) atoms. The second kappa shape index (κ2) is 4.30. The molecule has 1 aromatic carbocycles. The number of aromatic nitrogens is 4. The summed E-state index contributed by atoms with van der Waals surface area (Å²) in [5, 5.41) is 23.4. The third kappa shape index (κ3) is 1.85. The lowest BCUT2D eigenvalue weighted by atomic mass is 10.1. The van der Waals surface area contributed by atoms with Crippen molar-refractivity contribution >= 4 is 17.0 Å². The highest BCUT2D eigenvalue weighted by molar-refractivity contribution is 5.92. The van der Waals surface area contributed by atoms with E-state index in [0.717, 1.165) is 4.68 Å². The van der Waals surface area contributed by atoms with E-state index in [-0.39, 0.29) is 5.75 Å². The van der Waals surface area contributed by atoms with E-state index in [9.17, 15) is 9.90 Å². The SMILES string of the molecule is Cc1ncc(-c2cc3cnn(C(=O)O)c3cc2O)cn1. The van der Waals surface area contributed by atoms with Crippen molar-refractivity contribution in [2.75, 3.05) is 0 Å². The molecule has 3 rings (SSSR count). The summed E-state index contributed by atoms with van der Waals surface area (Å²) >= 11 is 0. The Morgan fingerprint density at radius 1 is 1.20 bits per heavy atom. The van der Waals surface area contributed by atoms with E-state index >= 15 is 0 Å². The van der Waals surface area contributed by atoms with Crippen LogP contribution in [0.3, 0.4) is 0 Å². The second-order valence-corrected chi connectivity index (χ2v) is 4.29. The largest absolute Gasteiger partial charge is 0.507 e. The maximum Gasteiger partial charge on any atom is 0.432 e. The molecule has 0 saturated carbocycles. The molecule has 0 amide bonds. The Labute approximate surface area is 113 Å². The Kier molecular flexibility index (Phi) is 2.60. The van der Waals surface area contributed by atoms with Crippen molar-refractivity contribution in [2.24, 2.45) is 0 Å². The molecule has 0 spiro atoms. The van der Waals surface area contributed by atoms with Crippen molar-refractivity contribution in [3.8, 4) is 16.9 Å². The highest BCUT2D eigenvalue weighted by Gasteiger charge is 2.13. The average molecular weight is 270 g/mol. The minimum Gasteiger partial charge on any atom is -0.507 e. The fraction of sp³-hybridized carbons (Fsp3) is 0.0769. The maximum atomic E-state index is 11.0. The average Bonchev–Trinajstić information content (AvgIpc) is 2.81. The lowest BCUT2D eigenvalue weighted by molar-refractivity contribution is 0.194. The van der Waals surface area contributed by atoms with Crippen LogP contribution < -0.4 is 0 Å². The van der Waals surface area contributed by atoms with Crippen LogP contribution in [0.1, 0.15) is 5.82 Å². The van der Waals surface area contributed by atoms with Gasteiger partial charge in [-0.2, -0.15) is 9.78 Å². The van der Waals surface area contributed by atoms with E-state index in [1.165, 1.54) is 12.3 Å². The lowest BCUT2D eigenvalue weighted by Crippen LogP contribution is -2.08. The molecule has 0 aliphatic heterocycles. The molecule has 0 radical (unpaired) electrons. The van der Waals surface area contributed by atoms with Crippen molar-refractivity contribution in [1.29, 1.82) is 0 Å². The smallest absolute Gasteiger partial charge is 0.432 e. The molecule has 0 fully saturated rings. The zero-order chi connectivity index (χ0) is 14.3. The number of carbonyl (C=O) groups is 1. The normalized spacial score (nSPS) is 10.8. The molecule has 3 aromatic rings. The molecule has 0 atom stereocenters. The van der Waals surface area contributed by atoms with Crippen molar-refractivity contribution in [2.45, 2.75) is 6.92 Å². The Morgan fingerprint density at radius 2 is 1.90 bits per heavy atom. The Balaban J connectivity index is 2.20. The van der Waals surface area contributed by atoms with Gasteiger partial charge in [0.1, 0.15) is 11.6 Å². The van der Waals surface area contributed by atoms with Gasteiger partial charge in [-0.3, -0.25) is 0 Å². The van der Waals surface area contributed by atoms with Crippen LogP contribution in [0.4, 0.5) is 4.79 Å². The zero-order valence-electron chi connectivity index (χ0n) is 10.5. The van der Waals surface area contributed by atoms with E-state index in [2.05, 4.69) is 15.1 Å². The number of nitrogens with zero attached hydrogens (tertiary/aromatic N) is 4. The summed E-state index contributed by atoms with van der Waals surface area (Å²) in [4.78, 5) is 19.1. The number of benzene rings is 1. The van der Waals surface area contributed by atoms with Crippen LogP contribution in [0.5, 0.6) is 5.75 Å². The van der Waals surface area contributed by atoms with Gasteiger partial charge < -0.3 is 10.2 Å². The second-order valence-electron chi connectivity index (χ2n) is 4.29. The third-order valence-corrected chi connectivity index (χ3v) is 2.96. The summed E-state index contributed by atoms with van der Waals surface area (Å²) in [6, 6.07) is 3.02. The van der Waals surface area contributed by atoms with Gasteiger partial charge in [0.2, 0.25) is 0 Å². The van der Waals surface area contributed by atoms with Crippen molar-refractivity contribution in [3.05, 3.63) is 36.5 Å². The summed E-state index contributed by atoms with van der Waals surface area (Å²) in [5.41, 5.74) is 1.51. The standard InChI is InChI=1S/C13H10N4O3/c1-7-14-4-9(5-15-7)10-2-8-6-16-17(13(19)20)11(8)3-12(10)18/h2-6,18H,1H3,(H,19,20). The minimum absolute atomic E-state index is 0.0482. The van der Waals surface area contributed by atoms with Crippen molar-refractivity contribution < 1.29 is 15.0 Å². The van der Waals surface area contributed by atoms with Gasteiger partial charge in [-0.25, -0.2) is 14.8 Å². The summed E-state index contributed by atoms with van der Waals surface area (Å²) in [5.74, 6) is 0.584. The van der Waals surface area contributed by atoms with E-state index in [1.807, 2.05) is 0 Å². The summed E-state index contributed by atoms with van der Waals surface area (Å²) in [6.45, 7) is 1.77. The third-order valence-electron chi connectivity index (χ3n) is 2.96. The fourth-order valence-corrected chi connectivity index (χ4v) is 1.98. The molecular weight excluding hydrogens is 260 g/mol. The predicted octanol–water partition coefficient (Wildman–Crippen LogP) is 2.03. The van der Waals surface area contributed by atoms with Crippen LogP contribution in [0.15, 0.2) is 30.7 Å². The lowest BCUT2D eigenvalue weighted by Gasteiger charge is -2.05. The molecule has 7 heteroatoms. The highest BCUT2D eigenvalue weighted by atomic mass is 16.4. The fourth-order valence-electron chi connectivity index (χ4n) is 1.98. The maximum absolute atomic E-state index is 11.0. The first-order valence-electron chi connectivity index (χ1n) is 5.79. The van der Waals surface area contributed by atoms with Gasteiger partial charge in [-0.05, 0) is 13.0 Å². The molecule has 2 aromatic heterocycles. The zero-order valence-corrected chi connectivity index (χ0v) is 10.5. The molecule has 0 aliphatic carbocycles. The molecule has 2 heterocycles. The summed E-state index contributed by atoms with van der Waals surface area (Å²) in [6.07, 6.45) is 3.43. The van der Waals surface area contributed by atoms with Crippen molar-refractivity contribution in [3.63, 3.8) is 0 Å². The molecule has 0 saturated heterocycles. The molecule has 0 bridgehead atoms. The molecule has 0 aliphatic rings. The van der Waals surface area contributed by atoms with Crippen molar-refractivity contribution in [1.82, 2.24) is 19.7 Å². The minimum atomic E-state index is -1.20. The number of phenols is 1. The van der Waals surface area contributed by atoms with E-state index < -0.39 is 6.09 Å². The molecule has 2 N–H and O–H groups in total. The molecule has 0 unspecified atom stereocenters. The molecule has 100 valence electrons. The van der Waals surface area contributed by atoms with E-state index in [1.54, 1.807) is 25.4 Å². The number of aromatic hydroxyl groups is 1. The Morgan fingerprint density at radius 3 is 2.55 bits per heavy atom. The first-order valence-corrected chi connectivity index (χ1v) is 5.79. The number of rotatable bonds is 1. The predicted molar refractivity (Wildman–Crippen MR) is 70.6 cm³/mol. The highest BCUT2D eigenvalue weighted by Crippen LogP contribution is 2.32. The molecular formula is C13H10N4O3. The van der Waals surface area contributed by atoms with Crippen LogP contribution >= 0.6 is 0 Å². The van der Waals surface area contributed by atoms with Crippen LogP contribution in [-0.4, -0.2) is 36.1 Å². The Hall–Kier alpha value is -2.96. The van der Waals surface area contributed by atoms with E-state index in [4.69, 9.17) is 5.11 Å². The Bertz CT molecular complexity index is 808. The van der Waals surface area contributed by atoms with Gasteiger partial charge >= 0.3 is 6.09 Å². The first kappa shape index (κ1) is 12.1. The molecule has 7 nitrogen and oxygen atoms in total. The number of aryl methyl sites for hydroxylation is 1. The topological polar surface area (TPSA) is 101 Å². The number of phenolic OH excluding ortho intramolecular Hbond substituents is 1. The van der Waals surface area contributed by atoms with Crippen LogP contribution in [0.25, 0.3) is 22.0 Å². The van der Waals surface area contributed by atoms with E-state index in [0.29, 0.717) is 27.9 Å². The van der Waals surface area contributed by atoms with Gasteiger partial charge in [-0.1, -0.05) is 0 Å². The number of fused-ring (bicyclic) bond motifs is 1. The van der Waals surface area contributed by atoms with Gasteiger partial charge in [-0.15, -0.1) is 0 Å². The van der Waals surface area contributed by atoms with Crippen LogP contribution in [0, 0.1) is 6.92 Å². The number of hydrogen-bond acceptors (Lipinski definition) is 5. The van der Waals surface area contributed by atoms with Gasteiger partial charge in [0.25, 0.3) is 0 Å². The number of hydrogen-bond donors (Lipinski definition) is 2. The number of carboxylic acid groups (broad SMARTS) is 1. The monoisotopic (exact) mass is 270 g/mol. The van der Waals surface area contributed by atoms with Gasteiger partial charge in [0.15, 0.2) is 0 Å². The van der Waals surface area contributed by atoms with Gasteiger partial charge in [0.05, 0.1) is 11.7 Å². The van der Waals surface area contributed by atoms with Gasteiger partial charge in [0, 0.05) is 35.0 Å². The van der Waals surface area contributed by atoms with Crippen LogP contribution in [-0.2, 0) is 0 Å².